The molecular formula is C24H24N4O2S. The van der Waals surface area contributed by atoms with Crippen LogP contribution in [-0.4, -0.2) is 28.6 Å². The second-order valence-electron chi connectivity index (χ2n) is 7.35. The van der Waals surface area contributed by atoms with Gasteiger partial charge in [0.05, 0.1) is 16.6 Å². The third kappa shape index (κ3) is 4.51. The predicted octanol–water partition coefficient (Wildman–Crippen LogP) is 5.35. The van der Waals surface area contributed by atoms with Crippen molar-refractivity contribution in [3.63, 3.8) is 0 Å². The van der Waals surface area contributed by atoms with Crippen molar-refractivity contribution < 1.29 is 8.42 Å². The van der Waals surface area contributed by atoms with E-state index in [9.17, 15) is 8.42 Å². The SMILES string of the molecule is CCC(C)S(=O)(=O)Nc1ccc(-c2[nH]c(-c3ccccc3)nc2-c2ccncc2)cc1. The van der Waals surface area contributed by atoms with Crippen LogP contribution in [0, 0.1) is 0 Å². The summed E-state index contributed by atoms with van der Waals surface area (Å²) in [5.41, 5.74) is 5.06. The van der Waals surface area contributed by atoms with Gasteiger partial charge in [0.15, 0.2) is 0 Å². The number of imidazole rings is 1. The number of anilines is 1. The maximum Gasteiger partial charge on any atom is 0.235 e. The van der Waals surface area contributed by atoms with Gasteiger partial charge in [0.25, 0.3) is 0 Å². The molecule has 2 aromatic heterocycles. The molecule has 1 unspecified atom stereocenters. The molecule has 0 radical (unpaired) electrons. The smallest absolute Gasteiger partial charge is 0.235 e. The fourth-order valence-electron chi connectivity index (χ4n) is 3.22. The van der Waals surface area contributed by atoms with Crippen molar-refractivity contribution in [3.05, 3.63) is 79.1 Å². The number of sulfonamides is 1. The van der Waals surface area contributed by atoms with E-state index in [0.717, 1.165) is 33.9 Å². The molecule has 0 aliphatic heterocycles. The summed E-state index contributed by atoms with van der Waals surface area (Å²) >= 11 is 0. The lowest BCUT2D eigenvalue weighted by molar-refractivity contribution is 0.586. The molecular weight excluding hydrogens is 408 g/mol. The second kappa shape index (κ2) is 8.73. The molecule has 0 aliphatic rings. The molecule has 31 heavy (non-hydrogen) atoms. The molecule has 0 saturated carbocycles. The highest BCUT2D eigenvalue weighted by Gasteiger charge is 2.19. The van der Waals surface area contributed by atoms with E-state index in [2.05, 4.69) is 14.7 Å². The molecule has 7 heteroatoms. The van der Waals surface area contributed by atoms with Crippen LogP contribution < -0.4 is 4.72 Å². The number of aromatic nitrogens is 3. The number of aromatic amines is 1. The number of hydrogen-bond donors (Lipinski definition) is 2. The molecule has 0 amide bonds. The molecule has 4 aromatic rings. The van der Waals surface area contributed by atoms with Crippen LogP contribution >= 0.6 is 0 Å². The van der Waals surface area contributed by atoms with E-state index in [1.165, 1.54) is 0 Å². The minimum absolute atomic E-state index is 0.452. The Morgan fingerprint density at radius 3 is 2.23 bits per heavy atom. The third-order valence-electron chi connectivity index (χ3n) is 5.24. The highest BCUT2D eigenvalue weighted by molar-refractivity contribution is 7.93. The monoisotopic (exact) mass is 432 g/mol. The Bertz CT molecular complexity index is 1250. The Hall–Kier alpha value is -3.45. The van der Waals surface area contributed by atoms with Crippen LogP contribution in [0.3, 0.4) is 0 Å². The maximum atomic E-state index is 12.4. The molecule has 2 aromatic carbocycles. The van der Waals surface area contributed by atoms with E-state index >= 15 is 0 Å². The zero-order valence-corrected chi connectivity index (χ0v) is 18.2. The van der Waals surface area contributed by atoms with Gasteiger partial charge in [0.1, 0.15) is 5.82 Å². The predicted molar refractivity (Wildman–Crippen MR) is 125 cm³/mol. The maximum absolute atomic E-state index is 12.4. The van der Waals surface area contributed by atoms with Crippen molar-refractivity contribution in [3.8, 4) is 33.9 Å². The fourth-order valence-corrected chi connectivity index (χ4v) is 4.33. The van der Waals surface area contributed by atoms with Gasteiger partial charge in [0.2, 0.25) is 10.0 Å². The Kier molecular flexibility index (Phi) is 5.86. The molecule has 4 rings (SSSR count). The third-order valence-corrected chi connectivity index (χ3v) is 7.16. The van der Waals surface area contributed by atoms with Crippen LogP contribution in [0.1, 0.15) is 20.3 Å². The van der Waals surface area contributed by atoms with Gasteiger partial charge < -0.3 is 4.98 Å². The van der Waals surface area contributed by atoms with Crippen molar-refractivity contribution in [1.29, 1.82) is 0 Å². The highest BCUT2D eigenvalue weighted by atomic mass is 32.2. The fraction of sp³-hybridized carbons (Fsp3) is 0.167. The van der Waals surface area contributed by atoms with Gasteiger partial charge in [-0.3, -0.25) is 9.71 Å². The van der Waals surface area contributed by atoms with E-state index in [0.29, 0.717) is 12.1 Å². The van der Waals surface area contributed by atoms with Gasteiger partial charge in [-0.15, -0.1) is 0 Å². The van der Waals surface area contributed by atoms with Gasteiger partial charge in [-0.25, -0.2) is 13.4 Å². The van der Waals surface area contributed by atoms with Crippen LogP contribution in [0.5, 0.6) is 0 Å². The van der Waals surface area contributed by atoms with Crippen LogP contribution in [0.25, 0.3) is 33.9 Å². The average Bonchev–Trinajstić information content (AvgIpc) is 3.25. The molecule has 1 atom stereocenters. The lowest BCUT2D eigenvalue weighted by Gasteiger charge is -2.13. The van der Waals surface area contributed by atoms with E-state index in [1.807, 2.05) is 61.5 Å². The summed E-state index contributed by atoms with van der Waals surface area (Å²) in [6, 6.07) is 21.1. The summed E-state index contributed by atoms with van der Waals surface area (Å²) in [5, 5.41) is -0.452. The molecule has 2 heterocycles. The standard InChI is InChI=1S/C24H24N4O2S/c1-3-17(2)31(29,30)28-21-11-9-18(10-12-21)22-23(19-13-15-25-16-14-19)27-24(26-22)20-7-5-4-6-8-20/h4-17,28H,3H2,1-2H3,(H,26,27). The average molecular weight is 433 g/mol. The lowest BCUT2D eigenvalue weighted by Crippen LogP contribution is -2.24. The largest absolute Gasteiger partial charge is 0.337 e. The molecule has 6 nitrogen and oxygen atoms in total. The van der Waals surface area contributed by atoms with Gasteiger partial charge in [-0.1, -0.05) is 49.4 Å². The molecule has 2 N–H and O–H groups in total. The zero-order chi connectivity index (χ0) is 21.8. The molecule has 0 bridgehead atoms. The minimum atomic E-state index is -3.40. The highest BCUT2D eigenvalue weighted by Crippen LogP contribution is 2.33. The van der Waals surface area contributed by atoms with Gasteiger partial charge >= 0.3 is 0 Å². The molecule has 0 saturated heterocycles. The Balaban J connectivity index is 1.72. The first kappa shape index (κ1) is 20.8. The quantitative estimate of drug-likeness (QED) is 0.412. The van der Waals surface area contributed by atoms with E-state index in [4.69, 9.17) is 4.98 Å². The van der Waals surface area contributed by atoms with Crippen LogP contribution in [-0.2, 0) is 10.0 Å². The molecule has 0 aliphatic carbocycles. The summed E-state index contributed by atoms with van der Waals surface area (Å²) in [7, 11) is -3.40. The number of rotatable bonds is 7. The summed E-state index contributed by atoms with van der Waals surface area (Å²) in [6.45, 7) is 3.56. The van der Waals surface area contributed by atoms with E-state index < -0.39 is 15.3 Å². The minimum Gasteiger partial charge on any atom is -0.337 e. The van der Waals surface area contributed by atoms with Crippen LogP contribution in [0.15, 0.2) is 79.1 Å². The normalized spacial score (nSPS) is 12.5. The van der Waals surface area contributed by atoms with E-state index in [1.54, 1.807) is 31.5 Å². The molecule has 158 valence electrons. The summed E-state index contributed by atoms with van der Waals surface area (Å²) in [5.74, 6) is 0.768. The first-order chi connectivity index (χ1) is 15.0. The second-order valence-corrected chi connectivity index (χ2v) is 9.45. The number of benzene rings is 2. The topological polar surface area (TPSA) is 87.7 Å². The van der Waals surface area contributed by atoms with Crippen molar-refractivity contribution in [1.82, 2.24) is 15.0 Å². The van der Waals surface area contributed by atoms with Crippen molar-refractivity contribution in [2.45, 2.75) is 25.5 Å². The van der Waals surface area contributed by atoms with Gasteiger partial charge in [0, 0.05) is 34.8 Å². The number of nitrogens with one attached hydrogen (secondary N) is 2. The Morgan fingerprint density at radius 1 is 0.903 bits per heavy atom. The number of hydrogen-bond acceptors (Lipinski definition) is 4. The summed E-state index contributed by atoms with van der Waals surface area (Å²) in [6.07, 6.45) is 4.03. The molecule has 0 spiro atoms. The Morgan fingerprint density at radius 2 is 1.58 bits per heavy atom. The van der Waals surface area contributed by atoms with Crippen molar-refractivity contribution in [2.75, 3.05) is 4.72 Å². The van der Waals surface area contributed by atoms with Crippen molar-refractivity contribution in [2.24, 2.45) is 0 Å². The van der Waals surface area contributed by atoms with Gasteiger partial charge in [-0.2, -0.15) is 0 Å². The zero-order valence-electron chi connectivity index (χ0n) is 17.4. The number of H-pyrrole nitrogens is 1. The summed E-state index contributed by atoms with van der Waals surface area (Å²) < 4.78 is 27.4. The van der Waals surface area contributed by atoms with Crippen molar-refractivity contribution >= 4 is 15.7 Å². The molecule has 0 fully saturated rings. The van der Waals surface area contributed by atoms with E-state index in [-0.39, 0.29) is 0 Å². The lowest BCUT2D eigenvalue weighted by atomic mass is 10.1. The first-order valence-corrected chi connectivity index (χ1v) is 11.7. The first-order valence-electron chi connectivity index (χ1n) is 10.2. The Labute approximate surface area is 182 Å². The van der Waals surface area contributed by atoms with Crippen LogP contribution in [0.2, 0.25) is 0 Å². The number of nitrogens with zero attached hydrogens (tertiary/aromatic N) is 2. The van der Waals surface area contributed by atoms with Crippen LogP contribution in [0.4, 0.5) is 5.69 Å². The summed E-state index contributed by atoms with van der Waals surface area (Å²) in [4.78, 5) is 12.4. The van der Waals surface area contributed by atoms with Gasteiger partial charge in [-0.05, 0) is 37.6 Å². The number of pyridine rings is 1.